The van der Waals surface area contributed by atoms with E-state index in [4.69, 9.17) is 4.74 Å². The van der Waals surface area contributed by atoms with Crippen LogP contribution in [0.4, 0.5) is 8.78 Å². The van der Waals surface area contributed by atoms with Gasteiger partial charge in [0.15, 0.2) is 5.69 Å². The highest BCUT2D eigenvalue weighted by atomic mass is 32.2. The van der Waals surface area contributed by atoms with Gasteiger partial charge in [-0.3, -0.25) is 0 Å². The van der Waals surface area contributed by atoms with E-state index in [1.165, 1.54) is 47.8 Å². The Kier molecular flexibility index (Phi) is 6.59. The Hall–Kier alpha value is -2.38. The summed E-state index contributed by atoms with van der Waals surface area (Å²) >= 11 is 2.62. The number of rotatable bonds is 5. The third kappa shape index (κ3) is 6.30. The molecule has 7 heteroatoms. The van der Waals surface area contributed by atoms with Crippen molar-refractivity contribution in [2.75, 3.05) is 0 Å². The van der Waals surface area contributed by atoms with Crippen LogP contribution in [-0.4, -0.2) is 16.6 Å². The quantitative estimate of drug-likeness (QED) is 0.425. The molecule has 0 aliphatic rings. The Morgan fingerprint density at radius 3 is 1.86 bits per heavy atom. The second-order valence-electron chi connectivity index (χ2n) is 7.11. The molecule has 0 bridgehead atoms. The Morgan fingerprint density at radius 2 is 1.34 bits per heavy atom. The summed E-state index contributed by atoms with van der Waals surface area (Å²) in [6.07, 6.45) is 0. The summed E-state index contributed by atoms with van der Waals surface area (Å²) in [4.78, 5) is 19.4. The average Bonchev–Trinajstić information content (AvgIpc) is 2.65. The monoisotopic (exact) mass is 431 g/mol. The molecule has 3 nitrogen and oxygen atoms in total. The standard InChI is InChI=1S/C22H19F2NO2S2/c1-22(2,3)27-21(26)20-18(28-16-8-4-14(23)5-9-16)12-13-19(25-20)29-17-10-6-15(24)7-11-17/h4-13H,1-3H3. The third-order valence-electron chi connectivity index (χ3n) is 3.50. The SMILES string of the molecule is CC(C)(C)OC(=O)c1nc(Sc2ccc(F)cc2)ccc1Sc1ccc(F)cc1. The van der Waals surface area contributed by atoms with Crippen molar-refractivity contribution in [1.29, 1.82) is 0 Å². The lowest BCUT2D eigenvalue weighted by Crippen LogP contribution is -2.25. The zero-order chi connectivity index (χ0) is 21.0. The summed E-state index contributed by atoms with van der Waals surface area (Å²) < 4.78 is 31.8. The van der Waals surface area contributed by atoms with Crippen LogP contribution in [-0.2, 0) is 4.74 Å². The van der Waals surface area contributed by atoms with Crippen molar-refractivity contribution in [1.82, 2.24) is 4.98 Å². The number of hydrogen-bond acceptors (Lipinski definition) is 5. The van der Waals surface area contributed by atoms with Gasteiger partial charge < -0.3 is 4.74 Å². The molecule has 0 unspecified atom stereocenters. The van der Waals surface area contributed by atoms with E-state index in [0.29, 0.717) is 9.92 Å². The maximum absolute atomic E-state index is 13.2. The maximum atomic E-state index is 13.2. The Labute approximate surface area is 176 Å². The largest absolute Gasteiger partial charge is 0.455 e. The highest BCUT2D eigenvalue weighted by Gasteiger charge is 2.23. The number of esters is 1. The van der Waals surface area contributed by atoms with Gasteiger partial charge in [-0.15, -0.1) is 0 Å². The summed E-state index contributed by atoms with van der Waals surface area (Å²) in [6.45, 7) is 5.36. The summed E-state index contributed by atoms with van der Waals surface area (Å²) in [5.41, 5.74) is -0.488. The second-order valence-corrected chi connectivity index (χ2v) is 9.32. The number of carbonyl (C=O) groups excluding carboxylic acids is 1. The van der Waals surface area contributed by atoms with Crippen LogP contribution in [0.15, 0.2) is 80.4 Å². The number of hydrogen-bond donors (Lipinski definition) is 0. The number of benzene rings is 2. The summed E-state index contributed by atoms with van der Waals surface area (Å²) in [5.74, 6) is -1.18. The zero-order valence-corrected chi connectivity index (χ0v) is 17.7. The van der Waals surface area contributed by atoms with Crippen LogP contribution in [0.1, 0.15) is 31.3 Å². The van der Waals surface area contributed by atoms with Crippen molar-refractivity contribution in [3.05, 3.63) is 78.0 Å². The Balaban J connectivity index is 1.92. The molecule has 29 heavy (non-hydrogen) atoms. The average molecular weight is 432 g/mol. The molecule has 0 N–H and O–H groups in total. The van der Waals surface area contributed by atoms with Crippen molar-refractivity contribution < 1.29 is 18.3 Å². The molecule has 3 rings (SSSR count). The van der Waals surface area contributed by atoms with Gasteiger partial charge in [0.05, 0.1) is 0 Å². The normalized spacial score (nSPS) is 11.3. The molecule has 0 aliphatic heterocycles. The molecule has 2 aromatic carbocycles. The van der Waals surface area contributed by atoms with E-state index in [9.17, 15) is 13.6 Å². The first kappa shape index (κ1) is 21.3. The van der Waals surface area contributed by atoms with Crippen LogP contribution in [0.5, 0.6) is 0 Å². The highest BCUT2D eigenvalue weighted by Crippen LogP contribution is 2.34. The second kappa shape index (κ2) is 8.97. The number of ether oxygens (including phenoxy) is 1. The van der Waals surface area contributed by atoms with Gasteiger partial charge in [-0.1, -0.05) is 23.5 Å². The number of carbonyl (C=O) groups is 1. The predicted octanol–water partition coefficient (Wildman–Crippen LogP) is 6.62. The van der Waals surface area contributed by atoms with Crippen molar-refractivity contribution in [3.63, 3.8) is 0 Å². The maximum Gasteiger partial charge on any atom is 0.358 e. The van der Waals surface area contributed by atoms with Crippen LogP contribution >= 0.6 is 23.5 Å². The van der Waals surface area contributed by atoms with Gasteiger partial charge in [-0.2, -0.15) is 0 Å². The minimum absolute atomic E-state index is 0.182. The fraction of sp³-hybridized carbons (Fsp3) is 0.182. The molecule has 0 saturated carbocycles. The molecule has 0 radical (unpaired) electrons. The van der Waals surface area contributed by atoms with E-state index in [1.807, 2.05) is 0 Å². The lowest BCUT2D eigenvalue weighted by atomic mass is 10.2. The Morgan fingerprint density at radius 1 is 0.828 bits per heavy atom. The molecular weight excluding hydrogens is 412 g/mol. The van der Waals surface area contributed by atoms with Crippen LogP contribution in [0.2, 0.25) is 0 Å². The molecule has 0 fully saturated rings. The van der Waals surface area contributed by atoms with Gasteiger partial charge in [-0.25, -0.2) is 18.6 Å². The zero-order valence-electron chi connectivity index (χ0n) is 16.1. The molecule has 1 heterocycles. The summed E-state index contributed by atoms with van der Waals surface area (Å²) in [7, 11) is 0. The number of pyridine rings is 1. The smallest absolute Gasteiger partial charge is 0.358 e. The molecule has 3 aromatic rings. The molecule has 0 amide bonds. The molecule has 0 aliphatic carbocycles. The van der Waals surface area contributed by atoms with Crippen molar-refractivity contribution in [3.8, 4) is 0 Å². The van der Waals surface area contributed by atoms with Gasteiger partial charge in [-0.05, 0) is 81.4 Å². The van der Waals surface area contributed by atoms with E-state index in [1.54, 1.807) is 57.2 Å². The molecule has 1 aromatic heterocycles. The molecule has 0 spiro atoms. The topological polar surface area (TPSA) is 39.2 Å². The third-order valence-corrected chi connectivity index (χ3v) is 5.50. The van der Waals surface area contributed by atoms with E-state index >= 15 is 0 Å². The fourth-order valence-corrected chi connectivity index (χ4v) is 3.97. The van der Waals surface area contributed by atoms with E-state index in [-0.39, 0.29) is 17.3 Å². The van der Waals surface area contributed by atoms with Crippen LogP contribution in [0, 0.1) is 11.6 Å². The van der Waals surface area contributed by atoms with E-state index < -0.39 is 11.6 Å². The number of aromatic nitrogens is 1. The van der Waals surface area contributed by atoms with E-state index in [2.05, 4.69) is 4.98 Å². The van der Waals surface area contributed by atoms with Crippen molar-refractivity contribution >= 4 is 29.5 Å². The van der Waals surface area contributed by atoms with Crippen molar-refractivity contribution in [2.24, 2.45) is 0 Å². The summed E-state index contributed by atoms with van der Waals surface area (Å²) in [5, 5.41) is 0.584. The molecule has 0 atom stereocenters. The van der Waals surface area contributed by atoms with Gasteiger partial charge in [0.2, 0.25) is 0 Å². The van der Waals surface area contributed by atoms with Crippen LogP contribution in [0.3, 0.4) is 0 Å². The van der Waals surface area contributed by atoms with Gasteiger partial charge in [0.25, 0.3) is 0 Å². The van der Waals surface area contributed by atoms with Gasteiger partial charge in [0, 0.05) is 14.7 Å². The lowest BCUT2D eigenvalue weighted by Gasteiger charge is -2.20. The lowest BCUT2D eigenvalue weighted by molar-refractivity contribution is 0.00576. The molecule has 150 valence electrons. The number of nitrogens with zero attached hydrogens (tertiary/aromatic N) is 1. The molecule has 0 saturated heterocycles. The summed E-state index contributed by atoms with van der Waals surface area (Å²) in [6, 6.07) is 15.6. The highest BCUT2D eigenvalue weighted by molar-refractivity contribution is 7.99. The minimum Gasteiger partial charge on any atom is -0.455 e. The van der Waals surface area contributed by atoms with Gasteiger partial charge >= 0.3 is 5.97 Å². The first-order valence-electron chi connectivity index (χ1n) is 8.81. The fourth-order valence-electron chi connectivity index (χ4n) is 2.29. The van der Waals surface area contributed by atoms with Crippen LogP contribution in [0.25, 0.3) is 0 Å². The first-order valence-corrected chi connectivity index (χ1v) is 10.4. The first-order chi connectivity index (χ1) is 13.7. The number of halogens is 2. The molecular formula is C22H19F2NO2S2. The Bertz CT molecular complexity index is 1000. The van der Waals surface area contributed by atoms with Gasteiger partial charge in [0.1, 0.15) is 22.3 Å². The van der Waals surface area contributed by atoms with E-state index in [0.717, 1.165) is 9.79 Å². The van der Waals surface area contributed by atoms with Crippen molar-refractivity contribution in [2.45, 2.75) is 46.1 Å². The van der Waals surface area contributed by atoms with Crippen LogP contribution < -0.4 is 0 Å². The predicted molar refractivity (Wildman–Crippen MR) is 110 cm³/mol. The minimum atomic E-state index is -0.670.